The standard InChI is InChI=1S/C27H27ClN4O3S/c1-27(22-9-5-7-20(15-22)21-8-6-10-23(28)16-21)25(33)32(26(29)30-27)18-19-13-14-31(17-19)36(34,35)24-11-3-2-4-12-24/h2-12,15-16,19H,13-14,17-18H2,1H3,(H2,29,30)/t19?,27-/m0/s1. The molecule has 2 heterocycles. The molecule has 5 rings (SSSR count). The summed E-state index contributed by atoms with van der Waals surface area (Å²) < 4.78 is 27.4. The predicted molar refractivity (Wildman–Crippen MR) is 140 cm³/mol. The van der Waals surface area contributed by atoms with Crippen molar-refractivity contribution >= 4 is 33.5 Å². The van der Waals surface area contributed by atoms with E-state index >= 15 is 0 Å². The van der Waals surface area contributed by atoms with Gasteiger partial charge in [0.05, 0.1) is 4.90 Å². The number of hydrogen-bond donors (Lipinski definition) is 2. The Morgan fingerprint density at radius 2 is 1.72 bits per heavy atom. The first-order valence-corrected chi connectivity index (χ1v) is 13.6. The second kappa shape index (κ2) is 9.35. The van der Waals surface area contributed by atoms with E-state index in [2.05, 4.69) is 5.32 Å². The number of sulfonamides is 1. The van der Waals surface area contributed by atoms with Crippen LogP contribution < -0.4 is 5.32 Å². The van der Waals surface area contributed by atoms with Crippen LogP contribution in [0.4, 0.5) is 0 Å². The monoisotopic (exact) mass is 522 g/mol. The minimum atomic E-state index is -3.58. The van der Waals surface area contributed by atoms with Gasteiger partial charge in [-0.05, 0) is 66.3 Å². The third kappa shape index (κ3) is 4.40. The predicted octanol–water partition coefficient (Wildman–Crippen LogP) is 4.30. The molecule has 2 saturated heterocycles. The van der Waals surface area contributed by atoms with Gasteiger partial charge < -0.3 is 5.32 Å². The Labute approximate surface area is 216 Å². The van der Waals surface area contributed by atoms with E-state index in [-0.39, 0.29) is 29.2 Å². The van der Waals surface area contributed by atoms with Crippen LogP contribution in [0.15, 0.2) is 83.8 Å². The van der Waals surface area contributed by atoms with Gasteiger partial charge in [0, 0.05) is 24.7 Å². The van der Waals surface area contributed by atoms with Crippen LogP contribution in [0.3, 0.4) is 0 Å². The number of carbonyl (C=O) groups excluding carboxylic acids is 1. The molecule has 0 spiro atoms. The second-order valence-electron chi connectivity index (χ2n) is 9.44. The van der Waals surface area contributed by atoms with E-state index in [0.29, 0.717) is 24.5 Å². The molecule has 2 N–H and O–H groups in total. The van der Waals surface area contributed by atoms with Crippen LogP contribution in [0.5, 0.6) is 0 Å². The van der Waals surface area contributed by atoms with Crippen molar-refractivity contribution in [2.45, 2.75) is 23.8 Å². The molecule has 1 amide bonds. The first kappa shape index (κ1) is 24.5. The highest BCUT2D eigenvalue weighted by atomic mass is 35.5. The van der Waals surface area contributed by atoms with Crippen molar-refractivity contribution in [1.29, 1.82) is 5.41 Å². The molecular weight excluding hydrogens is 496 g/mol. The normalized spacial score (nSPS) is 22.7. The minimum absolute atomic E-state index is 0.0278. The number of carbonyl (C=O) groups is 1. The Bertz CT molecular complexity index is 1430. The maximum absolute atomic E-state index is 13.6. The Morgan fingerprint density at radius 1 is 1.03 bits per heavy atom. The summed E-state index contributed by atoms with van der Waals surface area (Å²) in [6, 6.07) is 23.6. The lowest BCUT2D eigenvalue weighted by Gasteiger charge is -2.24. The van der Waals surface area contributed by atoms with Crippen molar-refractivity contribution in [1.82, 2.24) is 14.5 Å². The van der Waals surface area contributed by atoms with Gasteiger partial charge in [-0.15, -0.1) is 0 Å². The molecular formula is C27H27ClN4O3S. The third-order valence-electron chi connectivity index (χ3n) is 6.98. The molecule has 7 nitrogen and oxygen atoms in total. The van der Waals surface area contributed by atoms with E-state index in [9.17, 15) is 13.2 Å². The van der Waals surface area contributed by atoms with E-state index in [1.54, 1.807) is 37.3 Å². The fraction of sp³-hybridized carbons (Fsp3) is 0.259. The number of hydrogen-bond acceptors (Lipinski definition) is 4. The minimum Gasteiger partial charge on any atom is -0.338 e. The van der Waals surface area contributed by atoms with Crippen molar-refractivity contribution in [2.24, 2.45) is 5.92 Å². The summed E-state index contributed by atoms with van der Waals surface area (Å²) in [7, 11) is -3.58. The van der Waals surface area contributed by atoms with Crippen molar-refractivity contribution in [2.75, 3.05) is 19.6 Å². The fourth-order valence-corrected chi connectivity index (χ4v) is 6.68. The van der Waals surface area contributed by atoms with Gasteiger partial charge in [-0.1, -0.05) is 60.1 Å². The molecule has 0 bridgehead atoms. The highest BCUT2D eigenvalue weighted by Crippen LogP contribution is 2.33. The van der Waals surface area contributed by atoms with Crippen LogP contribution in [0, 0.1) is 11.3 Å². The van der Waals surface area contributed by atoms with Crippen LogP contribution in [0.1, 0.15) is 18.9 Å². The molecule has 0 aromatic heterocycles. The molecule has 9 heteroatoms. The largest absolute Gasteiger partial charge is 0.338 e. The Balaban J connectivity index is 1.32. The van der Waals surface area contributed by atoms with Gasteiger partial charge in [-0.2, -0.15) is 4.31 Å². The number of amides is 1. The SMILES string of the molecule is C[C@@]1(c2cccc(-c3cccc(Cl)c3)c2)NC(=N)N(CC2CCN(S(=O)(=O)c3ccccc3)C2)C1=O. The number of nitrogens with one attached hydrogen (secondary N) is 2. The highest BCUT2D eigenvalue weighted by molar-refractivity contribution is 7.89. The maximum Gasteiger partial charge on any atom is 0.259 e. The highest BCUT2D eigenvalue weighted by Gasteiger charge is 2.48. The lowest BCUT2D eigenvalue weighted by molar-refractivity contribution is -0.131. The molecule has 0 aliphatic carbocycles. The zero-order valence-electron chi connectivity index (χ0n) is 19.8. The third-order valence-corrected chi connectivity index (χ3v) is 9.09. The summed E-state index contributed by atoms with van der Waals surface area (Å²) in [6.45, 7) is 2.77. The van der Waals surface area contributed by atoms with E-state index in [1.807, 2.05) is 48.5 Å². The summed E-state index contributed by atoms with van der Waals surface area (Å²) >= 11 is 6.16. The number of rotatable bonds is 6. The number of guanidine groups is 1. The molecule has 2 aliphatic heterocycles. The molecule has 1 unspecified atom stereocenters. The van der Waals surface area contributed by atoms with Gasteiger partial charge in [-0.3, -0.25) is 15.1 Å². The summed E-state index contributed by atoms with van der Waals surface area (Å²) in [5.41, 5.74) is 1.52. The molecule has 2 fully saturated rings. The molecule has 2 aliphatic rings. The average Bonchev–Trinajstić information content (AvgIpc) is 3.44. The summed E-state index contributed by atoms with van der Waals surface area (Å²) in [4.78, 5) is 15.3. The van der Waals surface area contributed by atoms with Crippen LogP contribution in [-0.2, 0) is 20.4 Å². The first-order valence-electron chi connectivity index (χ1n) is 11.8. The first-order chi connectivity index (χ1) is 17.2. The summed E-state index contributed by atoms with van der Waals surface area (Å²) in [5, 5.41) is 12.2. The Kier molecular flexibility index (Phi) is 6.36. The van der Waals surface area contributed by atoms with Crippen LogP contribution in [0.2, 0.25) is 5.02 Å². The van der Waals surface area contributed by atoms with Gasteiger partial charge in [0.15, 0.2) is 5.96 Å². The van der Waals surface area contributed by atoms with Crippen molar-refractivity contribution in [3.63, 3.8) is 0 Å². The van der Waals surface area contributed by atoms with E-state index < -0.39 is 15.6 Å². The van der Waals surface area contributed by atoms with Crippen LogP contribution in [-0.4, -0.2) is 49.1 Å². The average molecular weight is 523 g/mol. The maximum atomic E-state index is 13.6. The van der Waals surface area contributed by atoms with Crippen molar-refractivity contribution in [3.05, 3.63) is 89.4 Å². The summed E-state index contributed by atoms with van der Waals surface area (Å²) in [5.74, 6) is -0.255. The smallest absolute Gasteiger partial charge is 0.259 e. The van der Waals surface area contributed by atoms with Gasteiger partial charge >= 0.3 is 0 Å². The zero-order chi connectivity index (χ0) is 25.5. The van der Waals surface area contributed by atoms with E-state index in [1.165, 1.54) is 9.21 Å². The van der Waals surface area contributed by atoms with Crippen molar-refractivity contribution in [3.8, 4) is 11.1 Å². The number of nitrogens with zero attached hydrogens (tertiary/aromatic N) is 2. The molecule has 3 aromatic carbocycles. The van der Waals surface area contributed by atoms with Crippen LogP contribution >= 0.6 is 11.6 Å². The molecule has 36 heavy (non-hydrogen) atoms. The Morgan fingerprint density at radius 3 is 2.44 bits per heavy atom. The van der Waals surface area contributed by atoms with Gasteiger partial charge in [0.2, 0.25) is 10.0 Å². The lowest BCUT2D eigenvalue weighted by atomic mass is 9.89. The van der Waals surface area contributed by atoms with Gasteiger partial charge in [0.1, 0.15) is 5.54 Å². The fourth-order valence-electron chi connectivity index (χ4n) is 4.94. The molecule has 0 radical (unpaired) electrons. The molecule has 2 atom stereocenters. The number of benzene rings is 3. The van der Waals surface area contributed by atoms with Gasteiger partial charge in [-0.25, -0.2) is 8.42 Å². The lowest BCUT2D eigenvalue weighted by Crippen LogP contribution is -2.41. The molecule has 0 saturated carbocycles. The van der Waals surface area contributed by atoms with E-state index in [0.717, 1.165) is 16.7 Å². The van der Waals surface area contributed by atoms with Crippen molar-refractivity contribution < 1.29 is 13.2 Å². The zero-order valence-corrected chi connectivity index (χ0v) is 21.4. The summed E-state index contributed by atoms with van der Waals surface area (Å²) in [6.07, 6.45) is 0.629. The second-order valence-corrected chi connectivity index (χ2v) is 11.8. The molecule has 186 valence electrons. The van der Waals surface area contributed by atoms with Crippen LogP contribution in [0.25, 0.3) is 11.1 Å². The Hall–Kier alpha value is -3.20. The molecule has 3 aromatic rings. The number of halogens is 1. The topological polar surface area (TPSA) is 93.6 Å². The quantitative estimate of drug-likeness (QED) is 0.504. The van der Waals surface area contributed by atoms with Gasteiger partial charge in [0.25, 0.3) is 5.91 Å². The van der Waals surface area contributed by atoms with E-state index in [4.69, 9.17) is 17.0 Å².